The highest BCUT2D eigenvalue weighted by molar-refractivity contribution is 5.77. The minimum absolute atomic E-state index is 0.120. The fraction of sp³-hybridized carbons (Fsp3) is 0.909. The van der Waals surface area contributed by atoms with Crippen LogP contribution in [0.5, 0.6) is 0 Å². The van der Waals surface area contributed by atoms with Gasteiger partial charge < -0.3 is 10.6 Å². The standard InChI is InChI=1S/C11H22N2O/c1-3-6-12-11(14)8-13-9(2)7-10-4-5-10/h9-10,13H,3-8H2,1-2H3,(H,12,14). The van der Waals surface area contributed by atoms with Crippen LogP contribution >= 0.6 is 0 Å². The molecule has 2 N–H and O–H groups in total. The molecule has 14 heavy (non-hydrogen) atoms. The van der Waals surface area contributed by atoms with Gasteiger partial charge in [-0.15, -0.1) is 0 Å². The second-order valence-corrected chi connectivity index (χ2v) is 4.31. The summed E-state index contributed by atoms with van der Waals surface area (Å²) in [5.74, 6) is 1.05. The van der Waals surface area contributed by atoms with Crippen LogP contribution in [0.25, 0.3) is 0 Å². The van der Waals surface area contributed by atoms with Crippen molar-refractivity contribution >= 4 is 5.91 Å². The average molecular weight is 198 g/mol. The van der Waals surface area contributed by atoms with Gasteiger partial charge in [0.15, 0.2) is 0 Å². The van der Waals surface area contributed by atoms with E-state index in [0.717, 1.165) is 18.9 Å². The summed E-state index contributed by atoms with van der Waals surface area (Å²) in [5, 5.41) is 6.11. The van der Waals surface area contributed by atoms with E-state index < -0.39 is 0 Å². The zero-order chi connectivity index (χ0) is 10.4. The molecule has 3 nitrogen and oxygen atoms in total. The first-order chi connectivity index (χ1) is 6.72. The largest absolute Gasteiger partial charge is 0.355 e. The molecule has 1 atom stereocenters. The van der Waals surface area contributed by atoms with Gasteiger partial charge in [0.2, 0.25) is 5.91 Å². The third kappa shape index (κ3) is 5.22. The topological polar surface area (TPSA) is 41.1 Å². The van der Waals surface area contributed by atoms with Gasteiger partial charge in [-0.1, -0.05) is 19.8 Å². The van der Waals surface area contributed by atoms with Crippen LogP contribution < -0.4 is 10.6 Å². The van der Waals surface area contributed by atoms with Crippen molar-refractivity contribution in [2.24, 2.45) is 5.92 Å². The molecule has 0 aliphatic heterocycles. The van der Waals surface area contributed by atoms with E-state index in [0.29, 0.717) is 12.6 Å². The fourth-order valence-electron chi connectivity index (χ4n) is 1.53. The Balaban J connectivity index is 1.97. The van der Waals surface area contributed by atoms with Crippen molar-refractivity contribution in [3.05, 3.63) is 0 Å². The van der Waals surface area contributed by atoms with Crippen molar-refractivity contribution in [1.29, 1.82) is 0 Å². The predicted octanol–water partition coefficient (Wildman–Crippen LogP) is 1.29. The lowest BCUT2D eigenvalue weighted by Gasteiger charge is -2.12. The van der Waals surface area contributed by atoms with Crippen LogP contribution in [0.2, 0.25) is 0 Å². The van der Waals surface area contributed by atoms with Crippen molar-refractivity contribution in [3.63, 3.8) is 0 Å². The normalized spacial score (nSPS) is 17.9. The number of hydrogen-bond donors (Lipinski definition) is 2. The molecule has 0 saturated heterocycles. The van der Waals surface area contributed by atoms with Gasteiger partial charge in [0.05, 0.1) is 6.54 Å². The summed E-state index contributed by atoms with van der Waals surface area (Å²) >= 11 is 0. The van der Waals surface area contributed by atoms with Crippen LogP contribution in [-0.2, 0) is 4.79 Å². The van der Waals surface area contributed by atoms with E-state index in [1.54, 1.807) is 0 Å². The summed E-state index contributed by atoms with van der Waals surface area (Å²) in [6.45, 7) is 5.47. The molecular formula is C11H22N2O. The van der Waals surface area contributed by atoms with Crippen molar-refractivity contribution < 1.29 is 4.79 Å². The first-order valence-electron chi connectivity index (χ1n) is 5.72. The van der Waals surface area contributed by atoms with Gasteiger partial charge in [-0.25, -0.2) is 0 Å². The van der Waals surface area contributed by atoms with E-state index in [4.69, 9.17) is 0 Å². The quantitative estimate of drug-likeness (QED) is 0.647. The molecule has 1 amide bonds. The molecule has 3 heteroatoms. The number of nitrogens with one attached hydrogen (secondary N) is 2. The van der Waals surface area contributed by atoms with Gasteiger partial charge in [-0.3, -0.25) is 4.79 Å². The molecule has 0 bridgehead atoms. The minimum Gasteiger partial charge on any atom is -0.355 e. The molecule has 82 valence electrons. The zero-order valence-electron chi connectivity index (χ0n) is 9.31. The third-order valence-electron chi connectivity index (χ3n) is 2.57. The van der Waals surface area contributed by atoms with Gasteiger partial charge in [0, 0.05) is 12.6 Å². The minimum atomic E-state index is 0.120. The van der Waals surface area contributed by atoms with Gasteiger partial charge in [0.25, 0.3) is 0 Å². The highest BCUT2D eigenvalue weighted by Gasteiger charge is 2.23. The Bertz CT molecular complexity index is 178. The van der Waals surface area contributed by atoms with Crippen LogP contribution in [0.3, 0.4) is 0 Å². The monoisotopic (exact) mass is 198 g/mol. The van der Waals surface area contributed by atoms with E-state index >= 15 is 0 Å². The van der Waals surface area contributed by atoms with Crippen LogP contribution in [0.1, 0.15) is 39.5 Å². The predicted molar refractivity (Wildman–Crippen MR) is 58.1 cm³/mol. The molecule has 0 heterocycles. The summed E-state index contributed by atoms with van der Waals surface area (Å²) in [7, 11) is 0. The fourth-order valence-corrected chi connectivity index (χ4v) is 1.53. The first-order valence-corrected chi connectivity index (χ1v) is 5.72. The van der Waals surface area contributed by atoms with Crippen LogP contribution in [0.4, 0.5) is 0 Å². The van der Waals surface area contributed by atoms with E-state index in [9.17, 15) is 4.79 Å². The number of amides is 1. The molecule has 1 fully saturated rings. The Morgan fingerprint density at radius 2 is 2.21 bits per heavy atom. The summed E-state index contributed by atoms with van der Waals surface area (Å²) < 4.78 is 0. The summed E-state index contributed by atoms with van der Waals surface area (Å²) in [5.41, 5.74) is 0. The maximum absolute atomic E-state index is 11.2. The van der Waals surface area contributed by atoms with Crippen molar-refractivity contribution in [1.82, 2.24) is 10.6 Å². The second kappa shape index (κ2) is 6.02. The van der Waals surface area contributed by atoms with Crippen molar-refractivity contribution in [2.45, 2.75) is 45.6 Å². The van der Waals surface area contributed by atoms with Gasteiger partial charge >= 0.3 is 0 Å². The molecule has 0 radical (unpaired) electrons. The lowest BCUT2D eigenvalue weighted by Crippen LogP contribution is -2.38. The Morgan fingerprint density at radius 3 is 2.79 bits per heavy atom. The number of hydrogen-bond acceptors (Lipinski definition) is 2. The SMILES string of the molecule is CCCNC(=O)CNC(C)CC1CC1. The van der Waals surface area contributed by atoms with Crippen LogP contribution in [0.15, 0.2) is 0 Å². The highest BCUT2D eigenvalue weighted by Crippen LogP contribution is 2.33. The van der Waals surface area contributed by atoms with E-state index in [-0.39, 0.29) is 5.91 Å². The lowest BCUT2D eigenvalue weighted by molar-refractivity contribution is -0.120. The number of rotatable bonds is 7. The Hall–Kier alpha value is -0.570. The van der Waals surface area contributed by atoms with Gasteiger partial charge in [-0.05, 0) is 25.7 Å². The first kappa shape index (κ1) is 11.5. The van der Waals surface area contributed by atoms with Crippen molar-refractivity contribution in [3.8, 4) is 0 Å². The van der Waals surface area contributed by atoms with Gasteiger partial charge in [-0.2, -0.15) is 0 Å². The molecule has 0 spiro atoms. The lowest BCUT2D eigenvalue weighted by atomic mass is 10.1. The molecule has 1 aliphatic rings. The Kier molecular flexibility index (Phi) is 4.94. The highest BCUT2D eigenvalue weighted by atomic mass is 16.1. The zero-order valence-corrected chi connectivity index (χ0v) is 9.31. The van der Waals surface area contributed by atoms with Crippen LogP contribution in [0, 0.1) is 5.92 Å². The smallest absolute Gasteiger partial charge is 0.233 e. The molecule has 1 saturated carbocycles. The Morgan fingerprint density at radius 1 is 1.50 bits per heavy atom. The molecule has 0 aromatic heterocycles. The summed E-state index contributed by atoms with van der Waals surface area (Å²) in [6, 6.07) is 0.481. The second-order valence-electron chi connectivity index (χ2n) is 4.31. The number of carbonyl (C=O) groups is 1. The van der Waals surface area contributed by atoms with E-state index in [2.05, 4.69) is 24.5 Å². The molecule has 1 aliphatic carbocycles. The molecule has 0 aromatic rings. The van der Waals surface area contributed by atoms with Crippen molar-refractivity contribution in [2.75, 3.05) is 13.1 Å². The third-order valence-corrected chi connectivity index (χ3v) is 2.57. The van der Waals surface area contributed by atoms with E-state index in [1.165, 1.54) is 19.3 Å². The van der Waals surface area contributed by atoms with E-state index in [1.807, 2.05) is 0 Å². The summed E-state index contributed by atoms with van der Waals surface area (Å²) in [4.78, 5) is 11.2. The van der Waals surface area contributed by atoms with Gasteiger partial charge in [0.1, 0.15) is 0 Å². The molecule has 1 unspecified atom stereocenters. The molecule has 1 rings (SSSR count). The average Bonchev–Trinajstić information content (AvgIpc) is 2.95. The maximum atomic E-state index is 11.2. The maximum Gasteiger partial charge on any atom is 0.233 e. The van der Waals surface area contributed by atoms with Crippen LogP contribution in [-0.4, -0.2) is 25.0 Å². The Labute approximate surface area is 86.6 Å². The molecule has 0 aromatic carbocycles. The summed E-state index contributed by atoms with van der Waals surface area (Å²) in [6.07, 6.45) is 4.99. The molecular weight excluding hydrogens is 176 g/mol. The number of carbonyl (C=O) groups excluding carboxylic acids is 1.